The van der Waals surface area contributed by atoms with Gasteiger partial charge in [-0.15, -0.1) is 0 Å². The van der Waals surface area contributed by atoms with E-state index in [4.69, 9.17) is 5.73 Å². The molecule has 117 valence electrons. The molecule has 0 aliphatic rings. The van der Waals surface area contributed by atoms with Crippen LogP contribution in [-0.2, 0) is 0 Å². The Morgan fingerprint density at radius 2 is 0.913 bits per heavy atom. The molecule has 0 aromatic heterocycles. The topological polar surface area (TPSA) is 26.0 Å². The SMILES string of the molecule is NCCC[P](c1ccccc1)(c1ccccc1)c1ccccc1. The number of nitrogens with two attached hydrogens (primary N) is 1. The third-order valence-electron chi connectivity index (χ3n) is 4.29. The van der Waals surface area contributed by atoms with Crippen LogP contribution in [0.3, 0.4) is 0 Å². The van der Waals surface area contributed by atoms with Crippen LogP contribution < -0.4 is 21.6 Å². The van der Waals surface area contributed by atoms with Gasteiger partial charge in [0.05, 0.1) is 0 Å². The fourth-order valence-electron chi connectivity index (χ4n) is 3.21. The van der Waals surface area contributed by atoms with Crippen molar-refractivity contribution >= 4 is 23.2 Å². The van der Waals surface area contributed by atoms with Gasteiger partial charge in [-0.1, -0.05) is 91.0 Å². The summed E-state index contributed by atoms with van der Waals surface area (Å²) in [4.78, 5) is 0. The molecule has 0 aliphatic carbocycles. The van der Waals surface area contributed by atoms with Gasteiger partial charge in [-0.3, -0.25) is 0 Å². The minimum absolute atomic E-state index is 0.730. The second kappa shape index (κ2) is 7.55. The molecule has 1 nitrogen and oxygen atoms in total. The highest BCUT2D eigenvalue weighted by molar-refractivity contribution is 7.95. The first-order chi connectivity index (χ1) is 11.4. The van der Waals surface area contributed by atoms with Crippen LogP contribution in [0.15, 0.2) is 91.0 Å². The maximum Gasteiger partial charge on any atom is -0.00737 e. The summed E-state index contributed by atoms with van der Waals surface area (Å²) < 4.78 is 0. The Balaban J connectivity index is 2.25. The second-order valence-electron chi connectivity index (χ2n) is 5.68. The van der Waals surface area contributed by atoms with Crippen LogP contribution in [0, 0.1) is 0 Å². The lowest BCUT2D eigenvalue weighted by molar-refractivity contribution is 0.938. The summed E-state index contributed by atoms with van der Waals surface area (Å²) in [5.74, 6) is 0. The molecule has 0 spiro atoms. The molecule has 0 unspecified atom stereocenters. The second-order valence-corrected chi connectivity index (χ2v) is 9.30. The monoisotopic (exact) mass is 320 g/mol. The van der Waals surface area contributed by atoms with E-state index in [2.05, 4.69) is 91.0 Å². The largest absolute Gasteiger partial charge is 0.330 e. The smallest absolute Gasteiger partial charge is 0.00737 e. The highest BCUT2D eigenvalue weighted by atomic mass is 31.2. The molecule has 0 atom stereocenters. The van der Waals surface area contributed by atoms with Crippen molar-refractivity contribution in [1.29, 1.82) is 0 Å². The predicted octanol–water partition coefficient (Wildman–Crippen LogP) is 3.33. The first kappa shape index (κ1) is 15.9. The maximum absolute atomic E-state index is 5.89. The lowest BCUT2D eigenvalue weighted by atomic mass is 10.4. The summed E-state index contributed by atoms with van der Waals surface area (Å²) in [7, 11) is -1.65. The summed E-state index contributed by atoms with van der Waals surface area (Å²) in [6, 6.07) is 32.9. The molecule has 2 N–H and O–H groups in total. The zero-order valence-electron chi connectivity index (χ0n) is 13.3. The molecular weight excluding hydrogens is 297 g/mol. The maximum atomic E-state index is 5.89. The van der Waals surface area contributed by atoms with Gasteiger partial charge in [0, 0.05) is 0 Å². The van der Waals surface area contributed by atoms with Crippen molar-refractivity contribution < 1.29 is 0 Å². The quantitative estimate of drug-likeness (QED) is 0.693. The Bertz CT molecular complexity index is 614. The zero-order valence-corrected chi connectivity index (χ0v) is 14.2. The fourth-order valence-corrected chi connectivity index (χ4v) is 7.58. The van der Waals surface area contributed by atoms with Gasteiger partial charge >= 0.3 is 0 Å². The number of benzene rings is 3. The molecule has 23 heavy (non-hydrogen) atoms. The van der Waals surface area contributed by atoms with E-state index in [1.807, 2.05) is 0 Å². The number of hydrogen-bond acceptors (Lipinski definition) is 1. The van der Waals surface area contributed by atoms with Crippen molar-refractivity contribution in [2.75, 3.05) is 12.7 Å². The summed E-state index contributed by atoms with van der Waals surface area (Å²) >= 11 is 0. The van der Waals surface area contributed by atoms with Crippen molar-refractivity contribution in [2.24, 2.45) is 5.73 Å². The Morgan fingerprint density at radius 3 is 1.22 bits per heavy atom. The average molecular weight is 320 g/mol. The molecule has 0 heterocycles. The highest BCUT2D eigenvalue weighted by Crippen LogP contribution is 2.55. The molecule has 2 heteroatoms. The first-order valence-corrected chi connectivity index (χ1v) is 10.1. The van der Waals surface area contributed by atoms with Crippen molar-refractivity contribution in [2.45, 2.75) is 6.42 Å². The van der Waals surface area contributed by atoms with Gasteiger partial charge in [-0.05, 0) is 42.3 Å². The Kier molecular flexibility index (Phi) is 5.23. The van der Waals surface area contributed by atoms with E-state index in [1.54, 1.807) is 0 Å². The molecule has 0 amide bonds. The van der Waals surface area contributed by atoms with E-state index in [-0.39, 0.29) is 0 Å². The van der Waals surface area contributed by atoms with E-state index in [1.165, 1.54) is 15.9 Å². The molecule has 0 fully saturated rings. The number of hydrogen-bond donors (Lipinski definition) is 1. The van der Waals surface area contributed by atoms with E-state index >= 15 is 0 Å². The normalized spacial score (nSPS) is 11.3. The van der Waals surface area contributed by atoms with Gasteiger partial charge in [0.25, 0.3) is 0 Å². The fraction of sp³-hybridized carbons (Fsp3) is 0.143. The first-order valence-electron chi connectivity index (χ1n) is 8.13. The molecule has 0 bridgehead atoms. The molecule has 0 saturated carbocycles. The van der Waals surface area contributed by atoms with Crippen molar-refractivity contribution in [1.82, 2.24) is 0 Å². The molecule has 3 rings (SSSR count). The lowest BCUT2D eigenvalue weighted by Crippen LogP contribution is -2.33. The Hall–Kier alpha value is -1.95. The van der Waals surface area contributed by atoms with Gasteiger partial charge in [-0.2, -0.15) is 0 Å². The average Bonchev–Trinajstić information content (AvgIpc) is 2.65. The van der Waals surface area contributed by atoms with Gasteiger partial charge in [-0.25, -0.2) is 0 Å². The minimum Gasteiger partial charge on any atom is -0.330 e. The summed E-state index contributed by atoms with van der Waals surface area (Å²) in [6.45, 7) is 0.730. The van der Waals surface area contributed by atoms with Gasteiger partial charge < -0.3 is 5.73 Å². The highest BCUT2D eigenvalue weighted by Gasteiger charge is 2.32. The molecule has 0 saturated heterocycles. The molecule has 0 aliphatic heterocycles. The van der Waals surface area contributed by atoms with Crippen LogP contribution in [0.2, 0.25) is 0 Å². The zero-order chi connectivity index (χ0) is 16.0. The lowest BCUT2D eigenvalue weighted by Gasteiger charge is -2.38. The Labute approximate surface area is 139 Å². The van der Waals surface area contributed by atoms with E-state index in [0.29, 0.717) is 0 Å². The third kappa shape index (κ3) is 3.22. The van der Waals surface area contributed by atoms with Gasteiger partial charge in [0.1, 0.15) is 0 Å². The van der Waals surface area contributed by atoms with Crippen LogP contribution in [-0.4, -0.2) is 12.7 Å². The van der Waals surface area contributed by atoms with Crippen molar-refractivity contribution in [3.63, 3.8) is 0 Å². The van der Waals surface area contributed by atoms with Crippen LogP contribution >= 0.6 is 7.26 Å². The number of rotatable bonds is 6. The van der Waals surface area contributed by atoms with Crippen LogP contribution in [0.25, 0.3) is 0 Å². The minimum atomic E-state index is -1.65. The Morgan fingerprint density at radius 1 is 0.565 bits per heavy atom. The molecule has 3 aromatic rings. The van der Waals surface area contributed by atoms with Crippen LogP contribution in [0.4, 0.5) is 0 Å². The van der Waals surface area contributed by atoms with Crippen LogP contribution in [0.1, 0.15) is 6.42 Å². The third-order valence-corrected chi connectivity index (χ3v) is 8.81. The van der Waals surface area contributed by atoms with E-state index in [0.717, 1.165) is 19.1 Å². The summed E-state index contributed by atoms with van der Waals surface area (Å²) in [6.07, 6.45) is 2.15. The molecule has 1 radical (unpaired) electrons. The van der Waals surface area contributed by atoms with E-state index < -0.39 is 7.26 Å². The summed E-state index contributed by atoms with van der Waals surface area (Å²) in [5, 5.41) is 4.31. The van der Waals surface area contributed by atoms with Gasteiger partial charge in [0.15, 0.2) is 0 Å². The molecule has 3 aromatic carbocycles. The standard InChI is InChI=1S/C21H23NP/c22-17-10-18-23(19-11-4-1-5-12-19,20-13-6-2-7-14-20)21-15-8-3-9-16-21/h1-9,11-16H,10,17-18,22H2. The van der Waals surface area contributed by atoms with Crippen molar-refractivity contribution in [3.05, 3.63) is 91.0 Å². The summed E-state index contributed by atoms with van der Waals surface area (Å²) in [5.41, 5.74) is 5.89. The van der Waals surface area contributed by atoms with Crippen molar-refractivity contribution in [3.8, 4) is 0 Å². The molecular formula is C21H23NP. The van der Waals surface area contributed by atoms with E-state index in [9.17, 15) is 0 Å². The predicted molar refractivity (Wildman–Crippen MR) is 104 cm³/mol. The van der Waals surface area contributed by atoms with Gasteiger partial charge in [0.2, 0.25) is 0 Å². The van der Waals surface area contributed by atoms with Crippen LogP contribution in [0.5, 0.6) is 0 Å².